The fourth-order valence-electron chi connectivity index (χ4n) is 6.38. The molecule has 0 aliphatic heterocycles. The van der Waals surface area contributed by atoms with Gasteiger partial charge in [0.05, 0.1) is 0 Å². The zero-order valence-corrected chi connectivity index (χ0v) is 30.5. The summed E-state index contributed by atoms with van der Waals surface area (Å²) in [7, 11) is -1.19. The summed E-state index contributed by atoms with van der Waals surface area (Å²) in [6, 6.07) is 19.3. The average molecular weight is 595 g/mol. The summed E-state index contributed by atoms with van der Waals surface area (Å²) < 4.78 is 0. The number of benzene rings is 4. The third-order valence-electron chi connectivity index (χ3n) is 10.7. The van der Waals surface area contributed by atoms with Crippen molar-refractivity contribution >= 4 is 37.1 Å². The predicted molar refractivity (Wildman–Crippen MR) is 194 cm³/mol. The summed E-state index contributed by atoms with van der Waals surface area (Å²) >= 11 is 0. The van der Waals surface area contributed by atoms with Crippen LogP contribution < -0.4 is 21.2 Å². The molecule has 0 saturated heterocycles. The molecule has 0 bridgehead atoms. The van der Waals surface area contributed by atoms with Gasteiger partial charge >= 0.3 is 0 Å². The van der Waals surface area contributed by atoms with Crippen molar-refractivity contribution in [3.05, 3.63) is 115 Å². The molecule has 0 spiro atoms. The largest absolute Gasteiger partial charge is 0.0584 e. The third-order valence-corrected chi connectivity index (χ3v) is 17.4. The molecule has 0 nitrogen and oxygen atoms in total. The number of aryl methyl sites for hydroxylation is 4. The second-order valence-electron chi connectivity index (χ2n) is 12.8. The highest BCUT2D eigenvalue weighted by Gasteiger charge is 2.35. The summed E-state index contributed by atoms with van der Waals surface area (Å²) in [4.78, 5) is 0. The molecule has 4 rings (SSSR count). The maximum Gasteiger partial charge on any atom is -0.00859 e. The minimum atomic E-state index is -0.594. The third kappa shape index (κ3) is 5.80. The quantitative estimate of drug-likeness (QED) is 0.187. The molecule has 4 aromatic rings. The first kappa shape index (κ1) is 32.6. The lowest BCUT2D eigenvalue weighted by atomic mass is 10.0. The van der Waals surface area contributed by atoms with E-state index in [0.29, 0.717) is 11.3 Å². The lowest BCUT2D eigenvalue weighted by molar-refractivity contribution is 0.910. The average Bonchev–Trinajstić information content (AvgIpc) is 2.96. The molecule has 0 amide bonds. The molecule has 0 radical (unpaired) electrons. The molecule has 0 fully saturated rings. The van der Waals surface area contributed by atoms with Gasteiger partial charge in [0.25, 0.3) is 0 Å². The van der Waals surface area contributed by atoms with E-state index in [-0.39, 0.29) is 0 Å². The molecule has 0 aliphatic rings. The molecular formula is C40H52P2. The van der Waals surface area contributed by atoms with Gasteiger partial charge in [-0.2, -0.15) is 0 Å². The number of hydrogen-bond donors (Lipinski definition) is 0. The summed E-state index contributed by atoms with van der Waals surface area (Å²) in [6.07, 6.45) is 0. The Morgan fingerprint density at radius 2 is 0.500 bits per heavy atom. The fraction of sp³-hybridized carbons (Fsp3) is 0.400. The van der Waals surface area contributed by atoms with Gasteiger partial charge in [-0.3, -0.25) is 0 Å². The summed E-state index contributed by atoms with van der Waals surface area (Å²) in [6.45, 7) is 32.9. The molecule has 222 valence electrons. The van der Waals surface area contributed by atoms with E-state index in [2.05, 4.69) is 145 Å². The van der Waals surface area contributed by atoms with E-state index in [1.807, 2.05) is 0 Å². The van der Waals surface area contributed by atoms with Gasteiger partial charge in [0.2, 0.25) is 0 Å². The molecule has 0 aliphatic carbocycles. The van der Waals surface area contributed by atoms with Crippen LogP contribution in [0, 0.1) is 83.1 Å². The van der Waals surface area contributed by atoms with Gasteiger partial charge in [-0.25, -0.2) is 0 Å². The Hall–Kier alpha value is -2.26. The Balaban J connectivity index is 2.00. The molecule has 0 aromatic heterocycles. The van der Waals surface area contributed by atoms with E-state index in [1.165, 1.54) is 66.8 Å². The Kier molecular flexibility index (Phi) is 9.93. The SMILES string of the molecule is Cc1ccc(P(c2ccc(C)c(C)c2C)C(C)C(C)P(c2ccc(C)c(C)c2C)c2ccc(C)c(C)c2C)c(C)c1C. The van der Waals surface area contributed by atoms with Gasteiger partial charge in [-0.1, -0.05) is 62.4 Å². The standard InChI is InChI=1S/C40H52P2/c1-23-15-19-37(31(9)27(23)5)41(38-20-16-24(2)28(6)32(38)10)35(13)36(14)42(39-21-17-25(3)29(7)33(39)11)40-22-18-26(4)30(8)34(40)12/h15-22,35-36H,1-14H3. The van der Waals surface area contributed by atoms with E-state index in [1.54, 1.807) is 21.2 Å². The van der Waals surface area contributed by atoms with Crippen LogP contribution in [-0.4, -0.2) is 11.3 Å². The first-order valence-electron chi connectivity index (χ1n) is 15.5. The van der Waals surface area contributed by atoms with Crippen molar-refractivity contribution in [2.24, 2.45) is 0 Å². The fourth-order valence-corrected chi connectivity index (χ4v) is 13.4. The van der Waals surface area contributed by atoms with E-state index < -0.39 is 15.8 Å². The highest BCUT2D eigenvalue weighted by Crippen LogP contribution is 2.53. The van der Waals surface area contributed by atoms with Gasteiger partial charge in [0.1, 0.15) is 0 Å². The normalized spacial score (nSPS) is 13.2. The maximum absolute atomic E-state index is 2.57. The molecule has 4 aromatic carbocycles. The van der Waals surface area contributed by atoms with Gasteiger partial charge in [0.15, 0.2) is 0 Å². The lowest BCUT2D eigenvalue weighted by Crippen LogP contribution is -2.34. The Morgan fingerprint density at radius 3 is 0.690 bits per heavy atom. The van der Waals surface area contributed by atoms with Crippen molar-refractivity contribution in [1.82, 2.24) is 0 Å². The van der Waals surface area contributed by atoms with Crippen LogP contribution >= 0.6 is 15.8 Å². The van der Waals surface area contributed by atoms with Crippen LogP contribution in [0.25, 0.3) is 0 Å². The van der Waals surface area contributed by atoms with Crippen LogP contribution in [0.2, 0.25) is 0 Å². The van der Waals surface area contributed by atoms with E-state index >= 15 is 0 Å². The molecule has 2 unspecified atom stereocenters. The van der Waals surface area contributed by atoms with Crippen molar-refractivity contribution in [1.29, 1.82) is 0 Å². The molecular weight excluding hydrogens is 542 g/mol. The van der Waals surface area contributed by atoms with E-state index in [9.17, 15) is 0 Å². The Bertz CT molecular complexity index is 1400. The molecule has 2 atom stereocenters. The first-order chi connectivity index (χ1) is 19.7. The lowest BCUT2D eigenvalue weighted by Gasteiger charge is -2.39. The minimum absolute atomic E-state index is 0.495. The second-order valence-corrected chi connectivity index (χ2v) is 17.9. The number of rotatable bonds is 7. The molecule has 0 heterocycles. The van der Waals surface area contributed by atoms with E-state index in [4.69, 9.17) is 0 Å². The first-order valence-corrected chi connectivity index (χ1v) is 18.4. The highest BCUT2D eigenvalue weighted by molar-refractivity contribution is 7.77. The van der Waals surface area contributed by atoms with Gasteiger partial charge < -0.3 is 0 Å². The predicted octanol–water partition coefficient (Wildman–Crippen LogP) is 9.73. The number of hydrogen-bond acceptors (Lipinski definition) is 0. The van der Waals surface area contributed by atoms with E-state index in [0.717, 1.165) is 0 Å². The monoisotopic (exact) mass is 594 g/mol. The van der Waals surface area contributed by atoms with Crippen LogP contribution in [0.3, 0.4) is 0 Å². The summed E-state index contributed by atoms with van der Waals surface area (Å²) in [5.74, 6) is 0. The zero-order valence-electron chi connectivity index (χ0n) is 28.7. The van der Waals surface area contributed by atoms with Crippen molar-refractivity contribution in [2.45, 2.75) is 108 Å². The summed E-state index contributed by atoms with van der Waals surface area (Å²) in [5, 5.41) is 6.23. The van der Waals surface area contributed by atoms with Crippen molar-refractivity contribution < 1.29 is 0 Å². The second kappa shape index (κ2) is 12.8. The molecule has 2 heteroatoms. The van der Waals surface area contributed by atoms with Gasteiger partial charge in [-0.05, 0) is 198 Å². The van der Waals surface area contributed by atoms with Crippen LogP contribution in [0.4, 0.5) is 0 Å². The van der Waals surface area contributed by atoms with Crippen LogP contribution in [0.5, 0.6) is 0 Å². The van der Waals surface area contributed by atoms with Gasteiger partial charge in [0, 0.05) is 0 Å². The van der Waals surface area contributed by atoms with Crippen molar-refractivity contribution in [3.8, 4) is 0 Å². The van der Waals surface area contributed by atoms with Crippen LogP contribution in [0.15, 0.2) is 48.5 Å². The molecule has 42 heavy (non-hydrogen) atoms. The topological polar surface area (TPSA) is 0 Å². The van der Waals surface area contributed by atoms with Crippen molar-refractivity contribution in [3.63, 3.8) is 0 Å². The van der Waals surface area contributed by atoms with Crippen LogP contribution in [-0.2, 0) is 0 Å². The Labute approximate surface area is 259 Å². The zero-order chi connectivity index (χ0) is 31.2. The maximum atomic E-state index is 2.57. The smallest absolute Gasteiger partial charge is 0.00859 e. The summed E-state index contributed by atoms with van der Waals surface area (Å²) in [5.41, 5.74) is 18.2. The van der Waals surface area contributed by atoms with Crippen molar-refractivity contribution in [2.75, 3.05) is 0 Å². The van der Waals surface area contributed by atoms with Gasteiger partial charge in [-0.15, -0.1) is 0 Å². The molecule has 0 N–H and O–H groups in total. The highest BCUT2D eigenvalue weighted by atomic mass is 31.1. The van der Waals surface area contributed by atoms with Crippen LogP contribution in [0.1, 0.15) is 80.6 Å². The Morgan fingerprint density at radius 1 is 0.310 bits per heavy atom. The minimum Gasteiger partial charge on any atom is -0.0584 e. The molecule has 0 saturated carbocycles.